The minimum Gasteiger partial charge on any atom is -0.504 e. The Labute approximate surface area is 203 Å². The Morgan fingerprint density at radius 3 is 1.63 bits per heavy atom. The molecule has 9 nitrogen and oxygen atoms in total. The molecular weight excluding hydrogens is 452 g/mol. The smallest absolute Gasteiger partial charge is 0.332 e. The van der Waals surface area contributed by atoms with E-state index in [4.69, 9.17) is 0 Å². The monoisotopic (exact) mass is 482 g/mol. The normalized spacial score (nSPS) is 19.3. The molecule has 1 aromatic rings. The van der Waals surface area contributed by atoms with Crippen molar-refractivity contribution in [1.29, 1.82) is 0 Å². The lowest BCUT2D eigenvalue weighted by Gasteiger charge is -2.47. The van der Waals surface area contributed by atoms with Gasteiger partial charge in [-0.05, 0) is 57.4 Å². The topological polar surface area (TPSA) is 132 Å². The van der Waals surface area contributed by atoms with Crippen LogP contribution in [0, 0.1) is 5.41 Å². The van der Waals surface area contributed by atoms with Gasteiger partial charge in [-0.1, -0.05) is 41.5 Å². The zero-order chi connectivity index (χ0) is 26.8. The molecule has 4 amide bonds. The second-order valence-electron chi connectivity index (χ2n) is 11.0. The first-order valence-corrected chi connectivity index (χ1v) is 11.1. The number of rotatable bonds is 2. The first kappa shape index (κ1) is 25.9. The fourth-order valence-corrected chi connectivity index (χ4v) is 4.60. The number of hydrogen-bond donors (Lipinski definition) is 2. The van der Waals surface area contributed by atoms with Gasteiger partial charge in [-0.25, -0.2) is 4.79 Å². The number of nitrogens with zero attached hydrogens (tertiary/aromatic N) is 2. The zero-order valence-corrected chi connectivity index (χ0v) is 21.1. The summed E-state index contributed by atoms with van der Waals surface area (Å²) in [4.78, 5) is 67.5. The maximum Gasteiger partial charge on any atom is 0.332 e. The molecule has 1 aromatic carbocycles. The Balaban J connectivity index is 2.62. The van der Waals surface area contributed by atoms with Gasteiger partial charge in [0.05, 0.1) is 0 Å². The van der Waals surface area contributed by atoms with Crippen molar-refractivity contribution in [2.45, 2.75) is 52.4 Å². The molecule has 1 fully saturated rings. The molecule has 0 radical (unpaired) electrons. The Hall–Kier alpha value is -3.75. The average Bonchev–Trinajstić information content (AvgIpc) is 2.74. The van der Waals surface area contributed by atoms with E-state index in [1.165, 1.54) is 20.2 Å². The van der Waals surface area contributed by atoms with Crippen LogP contribution < -0.4 is 0 Å². The van der Waals surface area contributed by atoms with Crippen molar-refractivity contribution < 1.29 is 34.2 Å². The lowest BCUT2D eigenvalue weighted by Crippen LogP contribution is -2.66. The molecule has 1 heterocycles. The van der Waals surface area contributed by atoms with Crippen molar-refractivity contribution in [3.63, 3.8) is 0 Å². The van der Waals surface area contributed by atoms with Gasteiger partial charge in [0.25, 0.3) is 11.8 Å². The molecular formula is C26H30N2O7. The van der Waals surface area contributed by atoms with Crippen LogP contribution in [0.1, 0.15) is 52.7 Å². The third-order valence-electron chi connectivity index (χ3n) is 6.45. The summed E-state index contributed by atoms with van der Waals surface area (Å²) in [6.45, 7) is 10.7. The van der Waals surface area contributed by atoms with Crippen LogP contribution in [0.25, 0.3) is 0 Å². The number of imide groups is 2. The lowest BCUT2D eigenvalue weighted by molar-refractivity contribution is -0.148. The molecule has 0 saturated carbocycles. The number of phenolic OH excluding ortho intramolecular Hbond substituents is 2. The minimum atomic E-state index is -2.29. The van der Waals surface area contributed by atoms with Crippen molar-refractivity contribution in [1.82, 2.24) is 9.80 Å². The highest BCUT2D eigenvalue weighted by Gasteiger charge is 2.62. The summed E-state index contributed by atoms with van der Waals surface area (Å²) in [5.41, 5.74) is -3.28. The molecule has 35 heavy (non-hydrogen) atoms. The molecule has 3 rings (SSSR count). The molecule has 0 spiro atoms. The van der Waals surface area contributed by atoms with Crippen LogP contribution in [-0.4, -0.2) is 63.5 Å². The summed E-state index contributed by atoms with van der Waals surface area (Å²) in [5.74, 6) is -4.65. The number of urea groups is 1. The fourth-order valence-electron chi connectivity index (χ4n) is 4.60. The van der Waals surface area contributed by atoms with E-state index >= 15 is 0 Å². The number of benzene rings is 1. The molecule has 1 aliphatic carbocycles. The summed E-state index contributed by atoms with van der Waals surface area (Å²) < 4.78 is 0. The highest BCUT2D eigenvalue weighted by atomic mass is 16.3. The van der Waals surface area contributed by atoms with Crippen molar-refractivity contribution >= 4 is 29.4 Å². The first-order chi connectivity index (χ1) is 15.9. The van der Waals surface area contributed by atoms with Gasteiger partial charge in [0.15, 0.2) is 16.9 Å². The largest absolute Gasteiger partial charge is 0.504 e. The van der Waals surface area contributed by atoms with Gasteiger partial charge in [-0.3, -0.25) is 29.0 Å². The van der Waals surface area contributed by atoms with E-state index in [9.17, 15) is 34.2 Å². The molecule has 0 bridgehead atoms. The maximum absolute atomic E-state index is 14.1. The first-order valence-electron chi connectivity index (χ1n) is 11.1. The highest BCUT2D eigenvalue weighted by Crippen LogP contribution is 2.51. The number of barbiturate groups is 1. The van der Waals surface area contributed by atoms with Crippen LogP contribution in [0.2, 0.25) is 0 Å². The molecule has 186 valence electrons. The number of ketones is 2. The molecule has 0 atom stereocenters. The van der Waals surface area contributed by atoms with Gasteiger partial charge in [0, 0.05) is 14.1 Å². The second-order valence-corrected chi connectivity index (χ2v) is 11.0. The van der Waals surface area contributed by atoms with Gasteiger partial charge in [-0.2, -0.15) is 0 Å². The van der Waals surface area contributed by atoms with Crippen LogP contribution in [0.3, 0.4) is 0 Å². The number of likely N-dealkylation sites (N-methyl/N-ethyl adjacent to an activating group) is 2. The molecule has 2 N–H and O–H groups in total. The number of hydrogen-bond acceptors (Lipinski definition) is 7. The quantitative estimate of drug-likeness (QED) is 0.287. The summed E-state index contributed by atoms with van der Waals surface area (Å²) in [6, 6.07) is 1.52. The van der Waals surface area contributed by atoms with E-state index in [0.29, 0.717) is 5.56 Å². The van der Waals surface area contributed by atoms with Crippen molar-refractivity contribution in [3.8, 4) is 11.5 Å². The van der Waals surface area contributed by atoms with Gasteiger partial charge in [0.2, 0.25) is 11.6 Å². The number of allylic oxidation sites excluding steroid dienone is 3. The van der Waals surface area contributed by atoms with Crippen LogP contribution in [-0.2, 0) is 30.0 Å². The predicted molar refractivity (Wildman–Crippen MR) is 127 cm³/mol. The van der Waals surface area contributed by atoms with Gasteiger partial charge in [0.1, 0.15) is 0 Å². The summed E-state index contributed by atoms with van der Waals surface area (Å²) in [5, 5.41) is 20.8. The van der Waals surface area contributed by atoms with Gasteiger partial charge >= 0.3 is 6.03 Å². The Morgan fingerprint density at radius 2 is 1.17 bits per heavy atom. The third-order valence-corrected chi connectivity index (χ3v) is 6.45. The summed E-state index contributed by atoms with van der Waals surface area (Å²) in [7, 11) is 2.44. The van der Waals surface area contributed by atoms with E-state index in [1.807, 2.05) is 0 Å². The number of phenols is 2. The standard InChI is InChI=1S/C26H30N2O7/c1-24(2,3)13-9-17(29)19(31)11-15(13)26(21(33)27(7)23(35)28(8)22(26)34)16-12-20(32)18(30)10-14(16)25(4,5)6/h9-12,29,31H,1-8H3. The Kier molecular flexibility index (Phi) is 5.84. The minimum absolute atomic E-state index is 0.00467. The molecule has 9 heteroatoms. The van der Waals surface area contributed by atoms with Crippen LogP contribution >= 0.6 is 0 Å². The van der Waals surface area contributed by atoms with E-state index in [-0.39, 0.29) is 16.7 Å². The Bertz CT molecular complexity index is 1230. The van der Waals surface area contributed by atoms with E-state index in [2.05, 4.69) is 0 Å². The van der Waals surface area contributed by atoms with Gasteiger partial charge < -0.3 is 10.2 Å². The predicted octanol–water partition coefficient (Wildman–Crippen LogP) is 2.73. The molecule has 0 unspecified atom stereocenters. The Morgan fingerprint density at radius 1 is 0.714 bits per heavy atom. The number of carbonyl (C=O) groups excluding carboxylic acids is 5. The van der Waals surface area contributed by atoms with Crippen LogP contribution in [0.15, 0.2) is 35.4 Å². The SMILES string of the molecule is CN1C(=O)N(C)C(=O)C(C2=CC(=O)C(=O)C=C2C(C)(C)C)(c2cc(O)c(O)cc2C(C)(C)C)C1=O. The zero-order valence-electron chi connectivity index (χ0n) is 21.1. The lowest BCUT2D eigenvalue weighted by atomic mass is 9.60. The van der Waals surface area contributed by atoms with Crippen molar-refractivity contribution in [3.05, 3.63) is 46.6 Å². The van der Waals surface area contributed by atoms with E-state index in [1.54, 1.807) is 41.5 Å². The van der Waals surface area contributed by atoms with Crippen LogP contribution in [0.4, 0.5) is 4.79 Å². The summed E-state index contributed by atoms with van der Waals surface area (Å²) >= 11 is 0. The number of carbonyl (C=O) groups is 5. The third kappa shape index (κ3) is 3.75. The highest BCUT2D eigenvalue weighted by molar-refractivity contribution is 6.47. The number of aromatic hydroxyl groups is 2. The molecule has 1 aliphatic heterocycles. The molecule has 2 aliphatic rings. The van der Waals surface area contributed by atoms with E-state index < -0.39 is 57.2 Å². The van der Waals surface area contributed by atoms with Crippen molar-refractivity contribution in [2.75, 3.05) is 14.1 Å². The van der Waals surface area contributed by atoms with Gasteiger partial charge in [-0.15, -0.1) is 0 Å². The van der Waals surface area contributed by atoms with Crippen molar-refractivity contribution in [2.24, 2.45) is 5.41 Å². The molecule has 0 aromatic heterocycles. The fraction of sp³-hybridized carbons (Fsp3) is 0.423. The average molecular weight is 483 g/mol. The second kappa shape index (κ2) is 7.90. The summed E-state index contributed by atoms with van der Waals surface area (Å²) in [6.07, 6.45) is 2.10. The van der Waals surface area contributed by atoms with E-state index in [0.717, 1.165) is 28.0 Å². The molecule has 1 saturated heterocycles. The maximum atomic E-state index is 14.1. The number of amides is 4. The van der Waals surface area contributed by atoms with Crippen LogP contribution in [0.5, 0.6) is 11.5 Å².